The van der Waals surface area contributed by atoms with Crippen molar-refractivity contribution in [2.75, 3.05) is 46.4 Å². The molecule has 1 aliphatic rings. The van der Waals surface area contributed by atoms with Gasteiger partial charge in [0.25, 0.3) is 0 Å². The number of methoxy groups -OCH3 is 1. The number of urea groups is 1. The summed E-state index contributed by atoms with van der Waals surface area (Å²) in [6, 6.07) is 0.107. The highest BCUT2D eigenvalue weighted by Gasteiger charge is 2.19. The number of carbonyl (C=O) groups excluding carboxylic acids is 1. The minimum Gasteiger partial charge on any atom is -0.383 e. The number of rotatable bonds is 5. The monoisotopic (exact) mass is 257 g/mol. The van der Waals surface area contributed by atoms with Crippen LogP contribution in [0.4, 0.5) is 4.79 Å². The minimum atomic E-state index is 0.0397. The molecule has 106 valence electrons. The van der Waals surface area contributed by atoms with E-state index < -0.39 is 0 Å². The summed E-state index contributed by atoms with van der Waals surface area (Å²) in [4.78, 5) is 16.4. The molecule has 5 nitrogen and oxygen atoms in total. The lowest BCUT2D eigenvalue weighted by atomic mass is 10.3. The smallest absolute Gasteiger partial charge is 0.317 e. The lowest BCUT2D eigenvalue weighted by Crippen LogP contribution is -2.46. The second kappa shape index (κ2) is 8.32. The summed E-state index contributed by atoms with van der Waals surface area (Å²) in [6.07, 6.45) is 2.24. The average Bonchev–Trinajstić information content (AvgIpc) is 2.55. The number of nitrogens with one attached hydrogen (secondary N) is 1. The Bertz CT molecular complexity index is 248. The van der Waals surface area contributed by atoms with Crippen LogP contribution in [-0.2, 0) is 4.74 Å². The largest absolute Gasteiger partial charge is 0.383 e. The minimum absolute atomic E-state index is 0.0397. The first kappa shape index (κ1) is 15.2. The molecule has 18 heavy (non-hydrogen) atoms. The molecular formula is C13H27N3O2. The molecule has 1 heterocycles. The highest BCUT2D eigenvalue weighted by molar-refractivity contribution is 5.74. The fraction of sp³-hybridized carbons (Fsp3) is 0.923. The van der Waals surface area contributed by atoms with E-state index in [1.54, 1.807) is 7.11 Å². The molecule has 1 N–H and O–H groups in total. The summed E-state index contributed by atoms with van der Waals surface area (Å²) < 4.78 is 5.02. The van der Waals surface area contributed by atoms with Gasteiger partial charge in [0.05, 0.1) is 12.6 Å². The third-order valence-corrected chi connectivity index (χ3v) is 3.20. The van der Waals surface area contributed by atoms with Crippen LogP contribution in [0.5, 0.6) is 0 Å². The number of ether oxygens (including phenoxy) is 1. The molecule has 0 aromatic carbocycles. The van der Waals surface area contributed by atoms with E-state index in [2.05, 4.69) is 17.1 Å². The number of carbonyl (C=O) groups is 1. The lowest BCUT2D eigenvalue weighted by Gasteiger charge is -2.24. The lowest BCUT2D eigenvalue weighted by molar-refractivity contribution is 0.159. The molecule has 1 fully saturated rings. The zero-order valence-electron chi connectivity index (χ0n) is 11.9. The Morgan fingerprint density at radius 1 is 1.33 bits per heavy atom. The third-order valence-electron chi connectivity index (χ3n) is 3.20. The van der Waals surface area contributed by atoms with Gasteiger partial charge in [-0.25, -0.2) is 4.79 Å². The molecule has 1 unspecified atom stereocenters. The van der Waals surface area contributed by atoms with Gasteiger partial charge in [-0.3, -0.25) is 0 Å². The van der Waals surface area contributed by atoms with Crippen LogP contribution in [0.2, 0.25) is 0 Å². The Labute approximate surface area is 110 Å². The van der Waals surface area contributed by atoms with Crippen molar-refractivity contribution in [3.05, 3.63) is 0 Å². The van der Waals surface area contributed by atoms with E-state index in [-0.39, 0.29) is 12.1 Å². The Balaban J connectivity index is 2.35. The van der Waals surface area contributed by atoms with E-state index in [0.29, 0.717) is 6.61 Å². The molecule has 2 amide bonds. The number of hydrogen-bond donors (Lipinski definition) is 1. The van der Waals surface area contributed by atoms with Gasteiger partial charge in [-0.2, -0.15) is 0 Å². The fourth-order valence-electron chi connectivity index (χ4n) is 2.31. The number of amides is 2. The van der Waals surface area contributed by atoms with Gasteiger partial charge in [-0.15, -0.1) is 0 Å². The summed E-state index contributed by atoms with van der Waals surface area (Å²) in [5, 5.41) is 2.97. The summed E-state index contributed by atoms with van der Waals surface area (Å²) in [5.41, 5.74) is 0. The summed E-state index contributed by atoms with van der Waals surface area (Å²) >= 11 is 0. The topological polar surface area (TPSA) is 44.8 Å². The average molecular weight is 257 g/mol. The van der Waals surface area contributed by atoms with Gasteiger partial charge < -0.3 is 19.9 Å². The van der Waals surface area contributed by atoms with Crippen LogP contribution >= 0.6 is 0 Å². The molecule has 1 rings (SSSR count). The summed E-state index contributed by atoms with van der Waals surface area (Å²) in [7, 11) is 1.65. The molecule has 5 heteroatoms. The van der Waals surface area contributed by atoms with Crippen molar-refractivity contribution in [2.45, 2.75) is 32.7 Å². The summed E-state index contributed by atoms with van der Waals surface area (Å²) in [5.74, 6) is 0. The first-order valence-electron chi connectivity index (χ1n) is 6.94. The summed E-state index contributed by atoms with van der Waals surface area (Å²) in [6.45, 7) is 9.62. The Kier molecular flexibility index (Phi) is 7.05. The van der Waals surface area contributed by atoms with E-state index in [4.69, 9.17) is 4.74 Å². The maximum absolute atomic E-state index is 12.0. The third kappa shape index (κ3) is 5.23. The van der Waals surface area contributed by atoms with Crippen LogP contribution in [0.1, 0.15) is 26.7 Å². The molecular weight excluding hydrogens is 230 g/mol. The molecule has 0 radical (unpaired) electrons. The van der Waals surface area contributed by atoms with Gasteiger partial charge in [0.1, 0.15) is 0 Å². The Hall–Kier alpha value is -0.810. The predicted molar refractivity (Wildman–Crippen MR) is 72.8 cm³/mol. The fourth-order valence-corrected chi connectivity index (χ4v) is 2.31. The number of hydrogen-bond acceptors (Lipinski definition) is 3. The first-order chi connectivity index (χ1) is 8.67. The van der Waals surface area contributed by atoms with Gasteiger partial charge in [0.15, 0.2) is 0 Å². The molecule has 0 bridgehead atoms. The molecule has 1 aliphatic heterocycles. The molecule has 0 aliphatic carbocycles. The van der Waals surface area contributed by atoms with Crippen LogP contribution in [0.25, 0.3) is 0 Å². The standard InChI is InChI=1S/C13H27N3O2/c1-4-6-15-7-5-8-16(10-9-15)13(17)14-12(2)11-18-3/h12H,4-11H2,1-3H3,(H,14,17). The molecule has 1 atom stereocenters. The zero-order chi connectivity index (χ0) is 13.4. The van der Waals surface area contributed by atoms with Crippen LogP contribution in [-0.4, -0.2) is 68.3 Å². The molecule has 0 aromatic heterocycles. The van der Waals surface area contributed by atoms with Crippen LogP contribution in [0.15, 0.2) is 0 Å². The first-order valence-corrected chi connectivity index (χ1v) is 6.94. The molecule has 0 spiro atoms. The quantitative estimate of drug-likeness (QED) is 0.803. The maximum Gasteiger partial charge on any atom is 0.317 e. The number of nitrogens with zero attached hydrogens (tertiary/aromatic N) is 2. The van der Waals surface area contributed by atoms with E-state index in [1.807, 2.05) is 11.8 Å². The van der Waals surface area contributed by atoms with E-state index >= 15 is 0 Å². The van der Waals surface area contributed by atoms with Gasteiger partial charge >= 0.3 is 6.03 Å². The van der Waals surface area contributed by atoms with Gasteiger partial charge in [0, 0.05) is 26.7 Å². The normalized spacial score (nSPS) is 19.4. The van der Waals surface area contributed by atoms with E-state index in [1.165, 1.54) is 6.42 Å². The van der Waals surface area contributed by atoms with Crippen molar-refractivity contribution in [1.29, 1.82) is 0 Å². The van der Waals surface area contributed by atoms with Crippen molar-refractivity contribution in [2.24, 2.45) is 0 Å². The second-order valence-electron chi connectivity index (χ2n) is 4.99. The molecule has 0 aromatic rings. The van der Waals surface area contributed by atoms with Crippen molar-refractivity contribution in [3.63, 3.8) is 0 Å². The van der Waals surface area contributed by atoms with Crippen molar-refractivity contribution >= 4 is 6.03 Å². The second-order valence-corrected chi connectivity index (χ2v) is 4.99. The van der Waals surface area contributed by atoms with Gasteiger partial charge in [-0.05, 0) is 32.9 Å². The maximum atomic E-state index is 12.0. The molecule has 0 saturated carbocycles. The van der Waals surface area contributed by atoms with Crippen LogP contribution < -0.4 is 5.32 Å². The predicted octanol–water partition coefficient (Wildman–Crippen LogP) is 1.15. The van der Waals surface area contributed by atoms with Crippen molar-refractivity contribution in [3.8, 4) is 0 Å². The Morgan fingerprint density at radius 2 is 2.11 bits per heavy atom. The highest BCUT2D eigenvalue weighted by Crippen LogP contribution is 2.04. The van der Waals surface area contributed by atoms with Gasteiger partial charge in [0.2, 0.25) is 0 Å². The van der Waals surface area contributed by atoms with Gasteiger partial charge in [-0.1, -0.05) is 6.92 Å². The zero-order valence-corrected chi connectivity index (χ0v) is 11.9. The Morgan fingerprint density at radius 3 is 2.78 bits per heavy atom. The highest BCUT2D eigenvalue weighted by atomic mass is 16.5. The van der Waals surface area contributed by atoms with Crippen LogP contribution in [0, 0.1) is 0 Å². The van der Waals surface area contributed by atoms with E-state index in [0.717, 1.165) is 39.1 Å². The van der Waals surface area contributed by atoms with E-state index in [9.17, 15) is 4.79 Å². The van der Waals surface area contributed by atoms with Crippen LogP contribution in [0.3, 0.4) is 0 Å². The van der Waals surface area contributed by atoms with Crippen molar-refractivity contribution in [1.82, 2.24) is 15.1 Å². The van der Waals surface area contributed by atoms with Crippen molar-refractivity contribution < 1.29 is 9.53 Å². The SMILES string of the molecule is CCCN1CCCN(C(=O)NC(C)COC)CC1. The molecule has 1 saturated heterocycles.